The molecular weight excluding hydrogens is 258 g/mol. The minimum absolute atomic E-state index is 0.228. The molecule has 0 unspecified atom stereocenters. The number of aliphatic hydroxyl groups is 1. The third kappa shape index (κ3) is 3.49. The zero-order valence-corrected chi connectivity index (χ0v) is 11.9. The lowest BCUT2D eigenvalue weighted by molar-refractivity contribution is -0.0605. The van der Waals surface area contributed by atoms with E-state index in [0.29, 0.717) is 37.4 Å². The molecule has 0 radical (unpaired) electrons. The molecule has 1 aromatic carbocycles. The van der Waals surface area contributed by atoms with Gasteiger partial charge in [0, 0.05) is 32.6 Å². The summed E-state index contributed by atoms with van der Waals surface area (Å²) < 4.78 is 10.4. The van der Waals surface area contributed by atoms with Crippen molar-refractivity contribution in [3.63, 3.8) is 0 Å². The Morgan fingerprint density at radius 3 is 2.80 bits per heavy atom. The highest BCUT2D eigenvalue weighted by molar-refractivity contribution is 5.97. The first-order valence-corrected chi connectivity index (χ1v) is 6.77. The van der Waals surface area contributed by atoms with E-state index in [2.05, 4.69) is 5.32 Å². The van der Waals surface area contributed by atoms with Crippen LogP contribution in [0.3, 0.4) is 0 Å². The van der Waals surface area contributed by atoms with Gasteiger partial charge in [-0.15, -0.1) is 0 Å². The van der Waals surface area contributed by atoms with Gasteiger partial charge in [-0.3, -0.25) is 4.79 Å². The van der Waals surface area contributed by atoms with Crippen LogP contribution in [0.25, 0.3) is 0 Å². The summed E-state index contributed by atoms with van der Waals surface area (Å²) in [6, 6.07) is 5.44. The van der Waals surface area contributed by atoms with Crippen LogP contribution < -0.4 is 10.1 Å². The van der Waals surface area contributed by atoms with Gasteiger partial charge in [0.25, 0.3) is 5.91 Å². The number of amides is 1. The molecule has 1 aromatic rings. The molecule has 20 heavy (non-hydrogen) atoms. The minimum Gasteiger partial charge on any atom is -0.496 e. The summed E-state index contributed by atoms with van der Waals surface area (Å²) >= 11 is 0. The molecule has 5 heteroatoms. The van der Waals surface area contributed by atoms with E-state index in [0.717, 1.165) is 5.56 Å². The van der Waals surface area contributed by atoms with E-state index in [9.17, 15) is 9.90 Å². The van der Waals surface area contributed by atoms with Crippen molar-refractivity contribution < 1.29 is 19.4 Å². The Balaban J connectivity index is 2.03. The predicted octanol–water partition coefficient (Wildman–Crippen LogP) is 1.27. The highest BCUT2D eigenvalue weighted by Gasteiger charge is 2.30. The lowest BCUT2D eigenvalue weighted by atomic mass is 9.94. The van der Waals surface area contributed by atoms with E-state index in [1.807, 2.05) is 13.0 Å². The number of hydrogen-bond donors (Lipinski definition) is 2. The monoisotopic (exact) mass is 279 g/mol. The van der Waals surface area contributed by atoms with Gasteiger partial charge in [0.05, 0.1) is 18.3 Å². The zero-order valence-electron chi connectivity index (χ0n) is 11.9. The molecule has 1 aliphatic rings. The SMILES string of the molecule is COc1ccc(C)cc1C(=O)NCC1(O)CCOCC1. The first-order valence-electron chi connectivity index (χ1n) is 6.77. The Bertz CT molecular complexity index is 481. The van der Waals surface area contributed by atoms with E-state index in [1.165, 1.54) is 7.11 Å². The van der Waals surface area contributed by atoms with E-state index >= 15 is 0 Å². The van der Waals surface area contributed by atoms with Gasteiger partial charge in [0.2, 0.25) is 0 Å². The van der Waals surface area contributed by atoms with Crippen molar-refractivity contribution >= 4 is 5.91 Å². The third-order valence-electron chi connectivity index (χ3n) is 3.60. The second-order valence-corrected chi connectivity index (χ2v) is 5.22. The second-order valence-electron chi connectivity index (χ2n) is 5.22. The van der Waals surface area contributed by atoms with Crippen LogP contribution in [0.15, 0.2) is 18.2 Å². The molecule has 110 valence electrons. The highest BCUT2D eigenvalue weighted by atomic mass is 16.5. The number of benzene rings is 1. The maximum atomic E-state index is 12.2. The number of ether oxygens (including phenoxy) is 2. The quantitative estimate of drug-likeness (QED) is 0.871. The van der Waals surface area contributed by atoms with Gasteiger partial charge in [-0.05, 0) is 19.1 Å². The molecule has 1 heterocycles. The number of aryl methyl sites for hydroxylation is 1. The Hall–Kier alpha value is -1.59. The first kappa shape index (κ1) is 14.8. The molecule has 0 aliphatic carbocycles. The summed E-state index contributed by atoms with van der Waals surface area (Å²) in [6.07, 6.45) is 1.08. The summed E-state index contributed by atoms with van der Waals surface area (Å²) in [6.45, 7) is 3.20. The smallest absolute Gasteiger partial charge is 0.255 e. The molecule has 5 nitrogen and oxygen atoms in total. The van der Waals surface area contributed by atoms with Crippen LogP contribution in [0.5, 0.6) is 5.75 Å². The van der Waals surface area contributed by atoms with Crippen molar-refractivity contribution in [3.05, 3.63) is 29.3 Å². The van der Waals surface area contributed by atoms with E-state index in [1.54, 1.807) is 12.1 Å². The summed E-state index contributed by atoms with van der Waals surface area (Å²) in [7, 11) is 1.54. The van der Waals surface area contributed by atoms with Gasteiger partial charge < -0.3 is 19.9 Å². The lowest BCUT2D eigenvalue weighted by Gasteiger charge is -2.32. The number of hydrogen-bond acceptors (Lipinski definition) is 4. The molecular formula is C15H21NO4. The molecule has 0 aromatic heterocycles. The summed E-state index contributed by atoms with van der Waals surface area (Å²) in [5.41, 5.74) is 0.606. The maximum absolute atomic E-state index is 12.2. The van der Waals surface area contributed by atoms with Crippen LogP contribution >= 0.6 is 0 Å². The molecule has 2 rings (SSSR count). The fourth-order valence-electron chi connectivity index (χ4n) is 2.27. The Labute approximate surface area is 118 Å². The average Bonchev–Trinajstić information content (AvgIpc) is 2.45. The van der Waals surface area contributed by atoms with Crippen molar-refractivity contribution in [3.8, 4) is 5.75 Å². The standard InChI is InChI=1S/C15H21NO4/c1-11-3-4-13(19-2)12(9-11)14(17)16-10-15(18)5-7-20-8-6-15/h3-4,9,18H,5-8,10H2,1-2H3,(H,16,17). The van der Waals surface area contributed by atoms with E-state index in [-0.39, 0.29) is 12.5 Å². The second kappa shape index (κ2) is 6.24. The molecule has 0 atom stereocenters. The van der Waals surface area contributed by atoms with Crippen molar-refractivity contribution in [2.45, 2.75) is 25.4 Å². The van der Waals surface area contributed by atoms with Gasteiger partial charge in [-0.2, -0.15) is 0 Å². The van der Waals surface area contributed by atoms with Gasteiger partial charge in [-0.25, -0.2) is 0 Å². The van der Waals surface area contributed by atoms with Crippen molar-refractivity contribution in [2.75, 3.05) is 26.9 Å². The van der Waals surface area contributed by atoms with Gasteiger partial charge >= 0.3 is 0 Å². The fraction of sp³-hybridized carbons (Fsp3) is 0.533. The molecule has 1 aliphatic heterocycles. The van der Waals surface area contributed by atoms with Crippen molar-refractivity contribution in [1.82, 2.24) is 5.32 Å². The third-order valence-corrected chi connectivity index (χ3v) is 3.60. The largest absolute Gasteiger partial charge is 0.496 e. The Morgan fingerprint density at radius 2 is 2.15 bits per heavy atom. The Morgan fingerprint density at radius 1 is 1.45 bits per heavy atom. The predicted molar refractivity (Wildman–Crippen MR) is 75.1 cm³/mol. The molecule has 1 fully saturated rings. The van der Waals surface area contributed by atoms with Gasteiger partial charge in [0.1, 0.15) is 5.75 Å². The average molecular weight is 279 g/mol. The van der Waals surface area contributed by atoms with Crippen LogP contribution in [0.2, 0.25) is 0 Å². The first-order chi connectivity index (χ1) is 9.54. The molecule has 0 saturated carbocycles. The Kier molecular flexibility index (Phi) is 4.62. The van der Waals surface area contributed by atoms with Crippen molar-refractivity contribution in [2.24, 2.45) is 0 Å². The molecule has 1 saturated heterocycles. The van der Waals surface area contributed by atoms with Crippen LogP contribution in [-0.4, -0.2) is 43.5 Å². The number of carbonyl (C=O) groups excluding carboxylic acids is 1. The number of nitrogens with one attached hydrogen (secondary N) is 1. The molecule has 0 spiro atoms. The minimum atomic E-state index is -0.870. The maximum Gasteiger partial charge on any atom is 0.255 e. The van der Waals surface area contributed by atoms with Gasteiger partial charge in [-0.1, -0.05) is 11.6 Å². The van der Waals surface area contributed by atoms with Crippen LogP contribution in [0, 0.1) is 6.92 Å². The summed E-state index contributed by atoms with van der Waals surface area (Å²) in [4.78, 5) is 12.2. The van der Waals surface area contributed by atoms with Crippen LogP contribution in [0.4, 0.5) is 0 Å². The topological polar surface area (TPSA) is 67.8 Å². The normalized spacial score (nSPS) is 17.6. The number of rotatable bonds is 4. The molecule has 2 N–H and O–H groups in total. The number of methoxy groups -OCH3 is 1. The molecule has 1 amide bonds. The highest BCUT2D eigenvalue weighted by Crippen LogP contribution is 2.22. The zero-order chi connectivity index (χ0) is 14.6. The molecule has 0 bridgehead atoms. The van der Waals surface area contributed by atoms with Gasteiger partial charge in [0.15, 0.2) is 0 Å². The lowest BCUT2D eigenvalue weighted by Crippen LogP contribution is -2.46. The van der Waals surface area contributed by atoms with Crippen LogP contribution in [0.1, 0.15) is 28.8 Å². The van der Waals surface area contributed by atoms with E-state index < -0.39 is 5.60 Å². The number of carbonyl (C=O) groups is 1. The summed E-state index contributed by atoms with van der Waals surface area (Å²) in [5.74, 6) is 0.303. The van der Waals surface area contributed by atoms with E-state index in [4.69, 9.17) is 9.47 Å². The van der Waals surface area contributed by atoms with Crippen LogP contribution in [-0.2, 0) is 4.74 Å². The fourth-order valence-corrected chi connectivity index (χ4v) is 2.27. The van der Waals surface area contributed by atoms with Crippen molar-refractivity contribution in [1.29, 1.82) is 0 Å². The summed E-state index contributed by atoms with van der Waals surface area (Å²) in [5, 5.41) is 13.1.